The van der Waals surface area contributed by atoms with Crippen molar-refractivity contribution >= 4 is 10.9 Å². The van der Waals surface area contributed by atoms with Crippen molar-refractivity contribution in [1.29, 1.82) is 0 Å². The molecular formula is C13H10N2. The van der Waals surface area contributed by atoms with E-state index in [1.54, 1.807) is 0 Å². The van der Waals surface area contributed by atoms with E-state index in [1.165, 1.54) is 10.9 Å². The topological polar surface area (TPSA) is 28.7 Å². The Hall–Kier alpha value is -2.09. The predicted molar refractivity (Wildman–Crippen MR) is 61.5 cm³/mol. The minimum atomic E-state index is 1.03. The van der Waals surface area contributed by atoms with E-state index in [1.807, 2.05) is 36.7 Å². The third-order valence-corrected chi connectivity index (χ3v) is 2.53. The van der Waals surface area contributed by atoms with Crippen LogP contribution in [-0.4, -0.2) is 9.97 Å². The zero-order valence-electron chi connectivity index (χ0n) is 8.14. The minimum Gasteiger partial charge on any atom is -0.361 e. The van der Waals surface area contributed by atoms with Crippen molar-refractivity contribution in [3.8, 4) is 11.3 Å². The van der Waals surface area contributed by atoms with Gasteiger partial charge in [-0.1, -0.05) is 18.2 Å². The second kappa shape index (κ2) is 3.24. The van der Waals surface area contributed by atoms with Crippen LogP contribution in [0.2, 0.25) is 0 Å². The molecule has 1 aromatic carbocycles. The maximum atomic E-state index is 4.34. The highest BCUT2D eigenvalue weighted by molar-refractivity contribution is 5.93. The summed E-state index contributed by atoms with van der Waals surface area (Å²) in [6, 6.07) is 14.3. The van der Waals surface area contributed by atoms with E-state index < -0.39 is 0 Å². The highest BCUT2D eigenvalue weighted by atomic mass is 14.7. The molecule has 0 fully saturated rings. The number of nitrogens with zero attached hydrogens (tertiary/aromatic N) is 1. The van der Waals surface area contributed by atoms with Crippen LogP contribution in [-0.2, 0) is 0 Å². The van der Waals surface area contributed by atoms with Gasteiger partial charge in [-0.25, -0.2) is 0 Å². The van der Waals surface area contributed by atoms with Gasteiger partial charge in [-0.15, -0.1) is 0 Å². The fourth-order valence-electron chi connectivity index (χ4n) is 1.84. The highest BCUT2D eigenvalue weighted by Crippen LogP contribution is 2.25. The molecule has 2 aromatic heterocycles. The van der Waals surface area contributed by atoms with Crippen molar-refractivity contribution in [2.24, 2.45) is 0 Å². The molecule has 0 aliphatic rings. The molecule has 72 valence electrons. The van der Waals surface area contributed by atoms with Crippen molar-refractivity contribution in [2.75, 3.05) is 0 Å². The summed E-state index contributed by atoms with van der Waals surface area (Å²) in [4.78, 5) is 7.56. The SMILES string of the molecule is c1c[nH]c(-c2cccc3ncccc23)c1. The third-order valence-electron chi connectivity index (χ3n) is 2.53. The first-order chi connectivity index (χ1) is 7.45. The molecule has 0 spiro atoms. The van der Waals surface area contributed by atoms with Crippen molar-refractivity contribution < 1.29 is 0 Å². The lowest BCUT2D eigenvalue weighted by atomic mass is 10.1. The Morgan fingerprint density at radius 1 is 0.933 bits per heavy atom. The Labute approximate surface area is 87.6 Å². The second-order valence-electron chi connectivity index (χ2n) is 3.46. The Balaban J connectivity index is 2.36. The van der Waals surface area contributed by atoms with Gasteiger partial charge in [-0.05, 0) is 24.3 Å². The molecule has 0 amide bonds. The zero-order chi connectivity index (χ0) is 10.1. The average Bonchev–Trinajstić information content (AvgIpc) is 2.82. The summed E-state index contributed by atoms with van der Waals surface area (Å²) in [7, 11) is 0. The summed E-state index contributed by atoms with van der Waals surface area (Å²) < 4.78 is 0. The van der Waals surface area contributed by atoms with Crippen molar-refractivity contribution in [3.63, 3.8) is 0 Å². The van der Waals surface area contributed by atoms with Crippen LogP contribution in [0.25, 0.3) is 22.2 Å². The summed E-state index contributed by atoms with van der Waals surface area (Å²) in [6.07, 6.45) is 3.76. The van der Waals surface area contributed by atoms with Crippen LogP contribution in [0.4, 0.5) is 0 Å². The smallest absolute Gasteiger partial charge is 0.0708 e. The summed E-state index contributed by atoms with van der Waals surface area (Å²) in [5.74, 6) is 0. The van der Waals surface area contributed by atoms with Crippen LogP contribution in [0, 0.1) is 0 Å². The Morgan fingerprint density at radius 2 is 1.93 bits per heavy atom. The van der Waals surface area contributed by atoms with E-state index in [2.05, 4.69) is 28.2 Å². The molecule has 3 aromatic rings. The van der Waals surface area contributed by atoms with Gasteiger partial charge in [0.2, 0.25) is 0 Å². The first-order valence-electron chi connectivity index (χ1n) is 4.93. The van der Waals surface area contributed by atoms with Crippen LogP contribution in [0.15, 0.2) is 54.9 Å². The monoisotopic (exact) mass is 194 g/mol. The Morgan fingerprint density at radius 3 is 2.80 bits per heavy atom. The summed E-state index contributed by atoms with van der Waals surface area (Å²) in [5, 5.41) is 1.18. The molecule has 0 aliphatic carbocycles. The maximum absolute atomic E-state index is 4.34. The number of hydrogen-bond acceptors (Lipinski definition) is 1. The van der Waals surface area contributed by atoms with Crippen molar-refractivity contribution in [3.05, 3.63) is 54.9 Å². The fraction of sp³-hybridized carbons (Fsp3) is 0. The van der Waals surface area contributed by atoms with E-state index in [0.717, 1.165) is 11.2 Å². The standard InChI is InChI=1S/C13H10N2/c1-4-10(13-7-3-9-15-13)11-5-2-8-14-12(11)6-1/h1-9,15H. The number of rotatable bonds is 1. The molecule has 0 atom stereocenters. The third kappa shape index (κ3) is 1.31. The van der Waals surface area contributed by atoms with Gasteiger partial charge in [0.25, 0.3) is 0 Å². The molecule has 2 heterocycles. The number of hydrogen-bond donors (Lipinski definition) is 1. The molecule has 0 bridgehead atoms. The van der Waals surface area contributed by atoms with E-state index in [0.29, 0.717) is 0 Å². The molecule has 0 saturated heterocycles. The molecule has 0 radical (unpaired) electrons. The minimum absolute atomic E-state index is 1.03. The Bertz CT molecular complexity index is 577. The van der Waals surface area contributed by atoms with Gasteiger partial charge in [-0.2, -0.15) is 0 Å². The molecule has 0 aliphatic heterocycles. The van der Waals surface area contributed by atoms with E-state index in [9.17, 15) is 0 Å². The first kappa shape index (κ1) is 8.24. The van der Waals surface area contributed by atoms with Gasteiger partial charge in [0.1, 0.15) is 0 Å². The number of benzene rings is 1. The summed E-state index contributed by atoms with van der Waals surface area (Å²) in [5.41, 5.74) is 3.36. The fourth-order valence-corrected chi connectivity index (χ4v) is 1.84. The Kier molecular flexibility index (Phi) is 1.78. The van der Waals surface area contributed by atoms with Gasteiger partial charge in [0.15, 0.2) is 0 Å². The predicted octanol–water partition coefficient (Wildman–Crippen LogP) is 3.23. The molecule has 0 unspecified atom stereocenters. The molecular weight excluding hydrogens is 184 g/mol. The lowest BCUT2D eigenvalue weighted by Crippen LogP contribution is -1.82. The molecule has 2 heteroatoms. The summed E-state index contributed by atoms with van der Waals surface area (Å²) >= 11 is 0. The highest BCUT2D eigenvalue weighted by Gasteiger charge is 2.03. The van der Waals surface area contributed by atoms with Gasteiger partial charge in [-0.3, -0.25) is 4.98 Å². The summed E-state index contributed by atoms with van der Waals surface area (Å²) in [6.45, 7) is 0. The number of aromatic nitrogens is 2. The maximum Gasteiger partial charge on any atom is 0.0708 e. The van der Waals surface area contributed by atoms with Crippen LogP contribution in [0.5, 0.6) is 0 Å². The number of fused-ring (bicyclic) bond motifs is 1. The van der Waals surface area contributed by atoms with Crippen LogP contribution >= 0.6 is 0 Å². The van der Waals surface area contributed by atoms with Crippen LogP contribution < -0.4 is 0 Å². The van der Waals surface area contributed by atoms with Gasteiger partial charge < -0.3 is 4.98 Å². The van der Waals surface area contributed by atoms with Crippen molar-refractivity contribution in [2.45, 2.75) is 0 Å². The van der Waals surface area contributed by atoms with Crippen LogP contribution in [0.3, 0.4) is 0 Å². The molecule has 3 rings (SSSR count). The van der Waals surface area contributed by atoms with Crippen molar-refractivity contribution in [1.82, 2.24) is 9.97 Å². The van der Waals surface area contributed by atoms with E-state index in [-0.39, 0.29) is 0 Å². The lowest BCUT2D eigenvalue weighted by Gasteiger charge is -2.03. The van der Waals surface area contributed by atoms with Gasteiger partial charge in [0.05, 0.1) is 5.52 Å². The quantitative estimate of drug-likeness (QED) is 0.633. The number of nitrogens with one attached hydrogen (secondary N) is 1. The van der Waals surface area contributed by atoms with E-state index >= 15 is 0 Å². The lowest BCUT2D eigenvalue weighted by molar-refractivity contribution is 1.39. The first-order valence-corrected chi connectivity index (χ1v) is 4.93. The van der Waals surface area contributed by atoms with E-state index in [4.69, 9.17) is 0 Å². The number of aromatic amines is 1. The molecule has 0 saturated carbocycles. The van der Waals surface area contributed by atoms with Gasteiger partial charge in [0, 0.05) is 29.0 Å². The largest absolute Gasteiger partial charge is 0.361 e. The zero-order valence-corrected chi connectivity index (χ0v) is 8.14. The number of pyridine rings is 1. The second-order valence-corrected chi connectivity index (χ2v) is 3.46. The molecule has 1 N–H and O–H groups in total. The molecule has 15 heavy (non-hydrogen) atoms. The number of H-pyrrole nitrogens is 1. The molecule has 2 nitrogen and oxygen atoms in total. The van der Waals surface area contributed by atoms with Crippen LogP contribution in [0.1, 0.15) is 0 Å². The average molecular weight is 194 g/mol. The normalized spacial score (nSPS) is 10.7. The van der Waals surface area contributed by atoms with Gasteiger partial charge >= 0.3 is 0 Å².